The van der Waals surface area contributed by atoms with Gasteiger partial charge in [-0.3, -0.25) is 14.5 Å². The summed E-state index contributed by atoms with van der Waals surface area (Å²) in [5.74, 6) is 0.412. The van der Waals surface area contributed by atoms with Crippen molar-refractivity contribution >= 4 is 5.91 Å². The highest BCUT2D eigenvalue weighted by atomic mass is 16.5. The summed E-state index contributed by atoms with van der Waals surface area (Å²) in [5.41, 5.74) is 3.25. The predicted octanol–water partition coefficient (Wildman–Crippen LogP) is 3.13. The van der Waals surface area contributed by atoms with Crippen LogP contribution in [0.1, 0.15) is 41.6 Å². The minimum absolute atomic E-state index is 0.170. The van der Waals surface area contributed by atoms with Gasteiger partial charge in [-0.15, -0.1) is 0 Å². The van der Waals surface area contributed by atoms with Gasteiger partial charge >= 0.3 is 0 Å². The van der Waals surface area contributed by atoms with Crippen molar-refractivity contribution in [2.75, 3.05) is 0 Å². The number of carbonyl (C=O) groups excluding carboxylic acids is 1. The second kappa shape index (κ2) is 8.21. The number of amides is 1. The van der Waals surface area contributed by atoms with Crippen LogP contribution in [0.15, 0.2) is 49.1 Å². The lowest BCUT2D eigenvalue weighted by atomic mass is 10.2. The molecule has 0 bridgehead atoms. The smallest absolute Gasteiger partial charge is 0.253 e. The van der Waals surface area contributed by atoms with E-state index in [2.05, 4.69) is 20.4 Å². The summed E-state index contributed by atoms with van der Waals surface area (Å²) in [7, 11) is 1.87. The fraction of sp³-hybridized carbons (Fsp3) is 0.333. The molecular formula is C21H23N5O2. The lowest BCUT2D eigenvalue weighted by Gasteiger charge is -2.12. The fourth-order valence-corrected chi connectivity index (χ4v) is 3.30. The van der Waals surface area contributed by atoms with Crippen molar-refractivity contribution in [1.82, 2.24) is 25.1 Å². The molecule has 1 N–H and O–H groups in total. The van der Waals surface area contributed by atoms with Gasteiger partial charge in [-0.1, -0.05) is 6.07 Å². The Hall–Kier alpha value is -3.22. The van der Waals surface area contributed by atoms with Gasteiger partial charge in [0.2, 0.25) is 5.88 Å². The van der Waals surface area contributed by atoms with E-state index in [1.807, 2.05) is 25.4 Å². The molecule has 0 saturated heterocycles. The van der Waals surface area contributed by atoms with Crippen LogP contribution >= 0.6 is 0 Å². The minimum atomic E-state index is -0.170. The second-order valence-corrected chi connectivity index (χ2v) is 7.05. The first-order chi connectivity index (χ1) is 13.7. The van der Waals surface area contributed by atoms with Crippen LogP contribution < -0.4 is 10.1 Å². The van der Waals surface area contributed by atoms with Gasteiger partial charge in [0.15, 0.2) is 0 Å². The van der Waals surface area contributed by atoms with E-state index in [1.165, 1.54) is 12.8 Å². The summed E-state index contributed by atoms with van der Waals surface area (Å²) in [4.78, 5) is 21.0. The number of hydrogen-bond donors (Lipinski definition) is 1. The third-order valence-electron chi connectivity index (χ3n) is 4.87. The van der Waals surface area contributed by atoms with Gasteiger partial charge < -0.3 is 10.1 Å². The molecular weight excluding hydrogens is 354 g/mol. The molecule has 1 saturated carbocycles. The Morgan fingerprint density at radius 2 is 2.00 bits per heavy atom. The molecule has 0 aliphatic heterocycles. The van der Waals surface area contributed by atoms with Crippen molar-refractivity contribution < 1.29 is 9.53 Å². The predicted molar refractivity (Wildman–Crippen MR) is 105 cm³/mol. The maximum atomic E-state index is 12.3. The topological polar surface area (TPSA) is 81.9 Å². The fourth-order valence-electron chi connectivity index (χ4n) is 3.30. The van der Waals surface area contributed by atoms with E-state index in [0.29, 0.717) is 18.0 Å². The SMILES string of the molecule is Cn1cc(-c2ccc(CNC(=O)c3ccc(OC4CCCC4)nc3)cn2)cn1. The van der Waals surface area contributed by atoms with Crippen molar-refractivity contribution in [1.29, 1.82) is 0 Å². The number of aromatic nitrogens is 4. The first kappa shape index (κ1) is 18.2. The molecule has 1 amide bonds. The zero-order valence-corrected chi connectivity index (χ0v) is 15.8. The first-order valence-electron chi connectivity index (χ1n) is 9.52. The molecule has 144 valence electrons. The molecule has 3 aromatic rings. The lowest BCUT2D eigenvalue weighted by molar-refractivity contribution is 0.0950. The van der Waals surface area contributed by atoms with E-state index >= 15 is 0 Å². The average Bonchev–Trinajstić information content (AvgIpc) is 3.39. The maximum Gasteiger partial charge on any atom is 0.253 e. The second-order valence-electron chi connectivity index (χ2n) is 7.05. The number of nitrogens with one attached hydrogen (secondary N) is 1. The highest BCUT2D eigenvalue weighted by Gasteiger charge is 2.17. The summed E-state index contributed by atoms with van der Waals surface area (Å²) in [5, 5.41) is 7.04. The zero-order valence-electron chi connectivity index (χ0n) is 15.8. The first-order valence-corrected chi connectivity index (χ1v) is 9.52. The van der Waals surface area contributed by atoms with Crippen LogP contribution in [-0.4, -0.2) is 31.8 Å². The summed E-state index contributed by atoms with van der Waals surface area (Å²) < 4.78 is 7.57. The van der Waals surface area contributed by atoms with Crippen molar-refractivity contribution in [3.63, 3.8) is 0 Å². The van der Waals surface area contributed by atoms with Gasteiger partial charge in [0.05, 0.1) is 17.5 Å². The molecule has 3 aromatic heterocycles. The van der Waals surface area contributed by atoms with Gasteiger partial charge in [-0.05, 0) is 43.4 Å². The Morgan fingerprint density at radius 3 is 2.64 bits per heavy atom. The molecule has 1 aliphatic rings. The average molecular weight is 377 g/mol. The largest absolute Gasteiger partial charge is 0.474 e. The van der Waals surface area contributed by atoms with Gasteiger partial charge in [0, 0.05) is 43.8 Å². The zero-order chi connectivity index (χ0) is 19.3. The molecule has 1 fully saturated rings. The van der Waals surface area contributed by atoms with Crippen molar-refractivity contribution in [2.24, 2.45) is 7.05 Å². The molecule has 0 atom stereocenters. The molecule has 7 nitrogen and oxygen atoms in total. The van der Waals surface area contributed by atoms with E-state index in [-0.39, 0.29) is 12.0 Å². The summed E-state index contributed by atoms with van der Waals surface area (Å²) in [6.07, 6.45) is 11.9. The number of nitrogens with zero attached hydrogens (tertiary/aromatic N) is 4. The Balaban J connectivity index is 1.31. The van der Waals surface area contributed by atoms with Gasteiger partial charge in [0.1, 0.15) is 6.10 Å². The molecule has 3 heterocycles. The third kappa shape index (κ3) is 4.36. The Morgan fingerprint density at radius 1 is 1.14 bits per heavy atom. The van der Waals surface area contributed by atoms with E-state index in [9.17, 15) is 4.79 Å². The molecule has 0 radical (unpaired) electrons. The maximum absolute atomic E-state index is 12.3. The number of carbonyl (C=O) groups is 1. The molecule has 0 unspecified atom stereocenters. The number of rotatable bonds is 6. The Labute approximate surface area is 163 Å². The van der Waals surface area contributed by atoms with E-state index < -0.39 is 0 Å². The molecule has 4 rings (SSSR count). The van der Waals surface area contributed by atoms with E-state index in [1.54, 1.807) is 35.4 Å². The third-order valence-corrected chi connectivity index (χ3v) is 4.87. The molecule has 0 spiro atoms. The van der Waals surface area contributed by atoms with Crippen LogP contribution in [0.3, 0.4) is 0 Å². The highest BCUT2D eigenvalue weighted by Crippen LogP contribution is 2.23. The summed E-state index contributed by atoms with van der Waals surface area (Å²) in [6, 6.07) is 7.38. The summed E-state index contributed by atoms with van der Waals surface area (Å²) >= 11 is 0. The molecule has 1 aliphatic carbocycles. The lowest BCUT2D eigenvalue weighted by Crippen LogP contribution is -2.23. The standard InChI is InChI=1S/C21H23N5O2/c1-26-14-17(13-25-26)19-8-6-15(10-22-19)11-24-21(27)16-7-9-20(23-12-16)28-18-4-2-3-5-18/h6-10,12-14,18H,2-5,11H2,1H3,(H,24,27). The van der Waals surface area contributed by atoms with Gasteiger partial charge in [-0.25, -0.2) is 4.98 Å². The minimum Gasteiger partial charge on any atom is -0.474 e. The molecule has 0 aromatic carbocycles. The molecule has 7 heteroatoms. The highest BCUT2D eigenvalue weighted by molar-refractivity contribution is 5.93. The van der Waals surface area contributed by atoms with Crippen LogP contribution in [0, 0.1) is 0 Å². The van der Waals surface area contributed by atoms with Crippen LogP contribution in [0.2, 0.25) is 0 Å². The number of aryl methyl sites for hydroxylation is 1. The van der Waals surface area contributed by atoms with Crippen LogP contribution in [0.4, 0.5) is 0 Å². The van der Waals surface area contributed by atoms with Crippen molar-refractivity contribution in [2.45, 2.75) is 38.3 Å². The number of ether oxygens (including phenoxy) is 1. The van der Waals surface area contributed by atoms with Gasteiger partial charge in [-0.2, -0.15) is 5.10 Å². The Bertz CT molecular complexity index is 928. The van der Waals surface area contributed by atoms with E-state index in [0.717, 1.165) is 29.7 Å². The number of hydrogen-bond acceptors (Lipinski definition) is 5. The van der Waals surface area contributed by atoms with Crippen LogP contribution in [0.25, 0.3) is 11.3 Å². The van der Waals surface area contributed by atoms with Crippen LogP contribution in [0.5, 0.6) is 5.88 Å². The van der Waals surface area contributed by atoms with Crippen molar-refractivity contribution in [3.8, 4) is 17.1 Å². The molecule has 28 heavy (non-hydrogen) atoms. The quantitative estimate of drug-likeness (QED) is 0.714. The van der Waals surface area contributed by atoms with Crippen LogP contribution in [-0.2, 0) is 13.6 Å². The monoisotopic (exact) mass is 377 g/mol. The Kier molecular flexibility index (Phi) is 5.32. The van der Waals surface area contributed by atoms with E-state index in [4.69, 9.17) is 4.74 Å². The summed E-state index contributed by atoms with van der Waals surface area (Å²) in [6.45, 7) is 0.402. The number of pyridine rings is 2. The van der Waals surface area contributed by atoms with Gasteiger partial charge in [0.25, 0.3) is 5.91 Å². The van der Waals surface area contributed by atoms with Crippen molar-refractivity contribution in [3.05, 3.63) is 60.2 Å². The normalized spacial score (nSPS) is 14.2.